The summed E-state index contributed by atoms with van der Waals surface area (Å²) in [7, 11) is 0. The van der Waals surface area contributed by atoms with Crippen molar-refractivity contribution in [2.75, 3.05) is 0 Å². The van der Waals surface area contributed by atoms with Crippen molar-refractivity contribution < 1.29 is 9.90 Å². The van der Waals surface area contributed by atoms with Crippen molar-refractivity contribution >= 4 is 5.78 Å². The predicted molar refractivity (Wildman–Crippen MR) is 76.7 cm³/mol. The van der Waals surface area contributed by atoms with Gasteiger partial charge in [-0.05, 0) is 29.8 Å². The van der Waals surface area contributed by atoms with Crippen LogP contribution in [-0.4, -0.2) is 31.5 Å². The summed E-state index contributed by atoms with van der Waals surface area (Å²) in [5, 5.41) is 24.1. The van der Waals surface area contributed by atoms with Crippen LogP contribution in [0.1, 0.15) is 17.3 Å². The number of aromatic hydroxyl groups is 1. The van der Waals surface area contributed by atoms with Crippen LogP contribution in [0.3, 0.4) is 0 Å². The summed E-state index contributed by atoms with van der Waals surface area (Å²) < 4.78 is 0. The van der Waals surface area contributed by atoms with Crippen LogP contribution in [0.15, 0.2) is 42.5 Å². The Kier molecular flexibility index (Phi) is 3.19. The van der Waals surface area contributed by atoms with Crippen LogP contribution in [-0.2, 0) is 0 Å². The summed E-state index contributed by atoms with van der Waals surface area (Å²) in [5.74, 6) is 0.102. The number of benzene rings is 2. The van der Waals surface area contributed by atoms with Gasteiger partial charge in [0, 0.05) is 11.1 Å². The first-order valence-corrected chi connectivity index (χ1v) is 6.34. The summed E-state index contributed by atoms with van der Waals surface area (Å²) in [5.41, 5.74) is 2.22. The number of hydrogen-bond acceptors (Lipinski definition) is 5. The smallest absolute Gasteiger partial charge is 0.204 e. The zero-order valence-electron chi connectivity index (χ0n) is 11.2. The molecule has 2 N–H and O–H groups in total. The predicted octanol–water partition coefficient (Wildman–Crippen LogP) is 2.44. The second-order valence-corrected chi connectivity index (χ2v) is 4.58. The molecule has 0 aliphatic heterocycles. The van der Waals surface area contributed by atoms with Gasteiger partial charge in [0.1, 0.15) is 5.75 Å². The fraction of sp³-hybridized carbons (Fsp3) is 0.0667. The highest BCUT2D eigenvalue weighted by Gasteiger charge is 2.17. The monoisotopic (exact) mass is 280 g/mol. The van der Waals surface area contributed by atoms with Gasteiger partial charge in [0.25, 0.3) is 0 Å². The minimum Gasteiger partial charge on any atom is -0.507 e. The number of carbonyl (C=O) groups excluding carboxylic acids is 1. The second-order valence-electron chi connectivity index (χ2n) is 4.58. The van der Waals surface area contributed by atoms with E-state index in [4.69, 9.17) is 0 Å². The van der Waals surface area contributed by atoms with Gasteiger partial charge >= 0.3 is 0 Å². The van der Waals surface area contributed by atoms with Gasteiger partial charge in [0.05, 0.1) is 5.56 Å². The van der Waals surface area contributed by atoms with Crippen molar-refractivity contribution in [1.29, 1.82) is 0 Å². The molecule has 0 bridgehead atoms. The zero-order valence-corrected chi connectivity index (χ0v) is 11.2. The highest BCUT2D eigenvalue weighted by molar-refractivity contribution is 6.00. The summed E-state index contributed by atoms with van der Waals surface area (Å²) in [4.78, 5) is 11.7. The second kappa shape index (κ2) is 5.16. The van der Waals surface area contributed by atoms with Crippen LogP contribution in [0.2, 0.25) is 0 Å². The molecule has 0 amide bonds. The van der Waals surface area contributed by atoms with Gasteiger partial charge in [-0.15, -0.1) is 10.2 Å². The lowest BCUT2D eigenvalue weighted by molar-refractivity contribution is 0.101. The molecule has 3 aromatic rings. The molecule has 6 heteroatoms. The summed E-state index contributed by atoms with van der Waals surface area (Å²) in [6.45, 7) is 1.41. The number of carbonyl (C=O) groups is 1. The van der Waals surface area contributed by atoms with Gasteiger partial charge in [-0.3, -0.25) is 4.79 Å². The summed E-state index contributed by atoms with van der Waals surface area (Å²) in [6, 6.07) is 12.6. The lowest BCUT2D eigenvalue weighted by atomic mass is 9.96. The van der Waals surface area contributed by atoms with Gasteiger partial charge in [-0.2, -0.15) is 5.21 Å². The molecule has 0 aliphatic rings. The molecule has 0 aliphatic carbocycles. The molecule has 0 saturated heterocycles. The first kappa shape index (κ1) is 13.0. The number of nitrogens with zero attached hydrogens (tertiary/aromatic N) is 3. The van der Waals surface area contributed by atoms with Crippen molar-refractivity contribution in [2.45, 2.75) is 6.92 Å². The summed E-state index contributed by atoms with van der Waals surface area (Å²) in [6.07, 6.45) is 0. The average molecular weight is 280 g/mol. The Morgan fingerprint density at radius 1 is 1.14 bits per heavy atom. The molecule has 3 rings (SSSR count). The van der Waals surface area contributed by atoms with Crippen LogP contribution in [0.4, 0.5) is 0 Å². The molecule has 1 aromatic heterocycles. The number of phenolic OH excluding ortho intramolecular Hbond substituents is 1. The first-order valence-electron chi connectivity index (χ1n) is 6.34. The number of aromatic amines is 1. The Bertz CT molecular complexity index is 783. The van der Waals surface area contributed by atoms with Crippen LogP contribution in [0.25, 0.3) is 22.5 Å². The Labute approximate surface area is 120 Å². The third kappa shape index (κ3) is 2.38. The maximum absolute atomic E-state index is 11.7. The van der Waals surface area contributed by atoms with Crippen LogP contribution in [0, 0.1) is 0 Å². The Morgan fingerprint density at radius 2 is 1.90 bits per heavy atom. The third-order valence-electron chi connectivity index (χ3n) is 3.18. The maximum Gasteiger partial charge on any atom is 0.204 e. The molecule has 6 nitrogen and oxygen atoms in total. The lowest BCUT2D eigenvalue weighted by Gasteiger charge is -2.10. The Balaban J connectivity index is 2.26. The molecule has 0 fully saturated rings. The fourth-order valence-electron chi connectivity index (χ4n) is 2.15. The number of tetrazole rings is 1. The van der Waals surface area contributed by atoms with E-state index in [1.54, 1.807) is 12.1 Å². The molecular weight excluding hydrogens is 268 g/mol. The van der Waals surface area contributed by atoms with E-state index in [2.05, 4.69) is 20.6 Å². The molecule has 21 heavy (non-hydrogen) atoms. The minimum absolute atomic E-state index is 0.0408. The van der Waals surface area contributed by atoms with Crippen molar-refractivity contribution in [3.8, 4) is 28.3 Å². The fourth-order valence-corrected chi connectivity index (χ4v) is 2.15. The van der Waals surface area contributed by atoms with Crippen molar-refractivity contribution in [1.82, 2.24) is 20.6 Å². The minimum atomic E-state index is -0.227. The van der Waals surface area contributed by atoms with Crippen LogP contribution in [0.5, 0.6) is 5.75 Å². The number of nitrogens with one attached hydrogen (secondary N) is 1. The van der Waals surface area contributed by atoms with E-state index in [0.717, 1.165) is 5.56 Å². The molecule has 0 spiro atoms. The maximum atomic E-state index is 11.7. The van der Waals surface area contributed by atoms with Gasteiger partial charge in [-0.25, -0.2) is 0 Å². The van der Waals surface area contributed by atoms with Gasteiger partial charge in [0.15, 0.2) is 5.78 Å². The number of rotatable bonds is 3. The molecule has 104 valence electrons. The third-order valence-corrected chi connectivity index (χ3v) is 3.18. The van der Waals surface area contributed by atoms with Crippen molar-refractivity contribution in [3.05, 3.63) is 48.0 Å². The normalized spacial score (nSPS) is 10.5. The topological polar surface area (TPSA) is 91.8 Å². The van der Waals surface area contributed by atoms with Gasteiger partial charge in [0.2, 0.25) is 5.82 Å². The van der Waals surface area contributed by atoms with Gasteiger partial charge in [-0.1, -0.05) is 30.3 Å². The number of aromatic nitrogens is 4. The number of phenols is 1. The molecule has 0 unspecified atom stereocenters. The van der Waals surface area contributed by atoms with Crippen molar-refractivity contribution in [3.63, 3.8) is 0 Å². The highest BCUT2D eigenvalue weighted by atomic mass is 16.3. The number of Topliss-reactive ketones (excluding diaryl/α,β-unsaturated/α-hetero) is 1. The number of hydrogen-bond donors (Lipinski definition) is 2. The highest BCUT2D eigenvalue weighted by Crippen LogP contribution is 2.36. The van der Waals surface area contributed by atoms with Crippen LogP contribution < -0.4 is 0 Å². The molecule has 0 saturated carbocycles. The Morgan fingerprint density at radius 3 is 2.52 bits per heavy atom. The van der Waals surface area contributed by atoms with E-state index in [0.29, 0.717) is 17.0 Å². The quantitative estimate of drug-likeness (QED) is 0.719. The van der Waals surface area contributed by atoms with Crippen LogP contribution >= 0.6 is 0 Å². The largest absolute Gasteiger partial charge is 0.507 e. The SMILES string of the molecule is CC(=O)c1cc(-c2nn[nH]n2)cc(-c2ccccc2)c1O. The lowest BCUT2D eigenvalue weighted by Crippen LogP contribution is -1.96. The first-order chi connectivity index (χ1) is 10.2. The van der Waals surface area contributed by atoms with E-state index in [-0.39, 0.29) is 17.1 Å². The molecule has 0 radical (unpaired) electrons. The number of ketones is 1. The Hall–Kier alpha value is -3.02. The molecule has 2 aromatic carbocycles. The molecule has 1 heterocycles. The van der Waals surface area contributed by atoms with E-state index >= 15 is 0 Å². The molecular formula is C15H12N4O2. The van der Waals surface area contributed by atoms with E-state index in [9.17, 15) is 9.90 Å². The number of H-pyrrole nitrogens is 1. The average Bonchev–Trinajstić information content (AvgIpc) is 3.02. The van der Waals surface area contributed by atoms with E-state index in [1.807, 2.05) is 30.3 Å². The van der Waals surface area contributed by atoms with E-state index < -0.39 is 0 Å². The van der Waals surface area contributed by atoms with Crippen molar-refractivity contribution in [2.24, 2.45) is 0 Å². The van der Waals surface area contributed by atoms with E-state index in [1.165, 1.54) is 6.92 Å². The standard InChI is InChI=1S/C15H12N4O2/c1-9(20)12-7-11(15-16-18-19-17-15)8-13(14(12)21)10-5-3-2-4-6-10/h2-8,21H,1H3,(H,16,17,18,19). The summed E-state index contributed by atoms with van der Waals surface area (Å²) >= 11 is 0. The molecule has 0 atom stereocenters. The zero-order chi connectivity index (χ0) is 14.8. The van der Waals surface area contributed by atoms with Gasteiger partial charge < -0.3 is 5.11 Å².